The van der Waals surface area contributed by atoms with Crippen molar-refractivity contribution in [1.29, 1.82) is 0 Å². The summed E-state index contributed by atoms with van der Waals surface area (Å²) in [5.74, 6) is -1.35. The SMILES string of the molecule is CCCN(C)C(=O)N1CCC(C(=O)O)c2ccccc21. The monoisotopic (exact) mass is 276 g/mol. The number of hydrogen-bond donors (Lipinski definition) is 1. The largest absolute Gasteiger partial charge is 0.481 e. The Kier molecular flexibility index (Phi) is 4.27. The van der Waals surface area contributed by atoms with Gasteiger partial charge >= 0.3 is 12.0 Å². The molecular formula is C15H20N2O3. The highest BCUT2D eigenvalue weighted by Crippen LogP contribution is 2.35. The van der Waals surface area contributed by atoms with Crippen molar-refractivity contribution in [2.75, 3.05) is 25.0 Å². The zero-order valence-corrected chi connectivity index (χ0v) is 11.9. The van der Waals surface area contributed by atoms with Gasteiger partial charge in [0.1, 0.15) is 0 Å². The Labute approximate surface area is 118 Å². The van der Waals surface area contributed by atoms with E-state index in [1.54, 1.807) is 22.9 Å². The Balaban J connectivity index is 2.32. The second-order valence-electron chi connectivity index (χ2n) is 5.09. The van der Waals surface area contributed by atoms with Gasteiger partial charge in [-0.25, -0.2) is 4.79 Å². The van der Waals surface area contributed by atoms with Gasteiger partial charge in [-0.2, -0.15) is 0 Å². The van der Waals surface area contributed by atoms with E-state index in [0.29, 0.717) is 19.5 Å². The molecule has 5 heteroatoms. The molecule has 0 aliphatic carbocycles. The average Bonchev–Trinajstić information content (AvgIpc) is 2.45. The quantitative estimate of drug-likeness (QED) is 0.922. The van der Waals surface area contributed by atoms with Crippen LogP contribution in [0, 0.1) is 0 Å². The number of urea groups is 1. The number of rotatable bonds is 3. The van der Waals surface area contributed by atoms with E-state index in [1.807, 2.05) is 25.1 Å². The molecule has 2 rings (SSSR count). The summed E-state index contributed by atoms with van der Waals surface area (Å²) in [6.07, 6.45) is 1.35. The van der Waals surface area contributed by atoms with E-state index in [0.717, 1.165) is 17.7 Å². The average molecular weight is 276 g/mol. The minimum atomic E-state index is -0.827. The van der Waals surface area contributed by atoms with Gasteiger partial charge in [-0.05, 0) is 24.5 Å². The minimum Gasteiger partial charge on any atom is -0.481 e. The molecule has 1 aliphatic rings. The summed E-state index contributed by atoms with van der Waals surface area (Å²) in [5.41, 5.74) is 1.45. The lowest BCUT2D eigenvalue weighted by Crippen LogP contribution is -2.45. The van der Waals surface area contributed by atoms with E-state index in [4.69, 9.17) is 0 Å². The zero-order valence-electron chi connectivity index (χ0n) is 11.9. The highest BCUT2D eigenvalue weighted by molar-refractivity contribution is 5.95. The first kappa shape index (κ1) is 14.4. The fourth-order valence-electron chi connectivity index (χ4n) is 2.65. The van der Waals surface area contributed by atoms with Crippen molar-refractivity contribution in [2.45, 2.75) is 25.7 Å². The van der Waals surface area contributed by atoms with Crippen LogP contribution in [0.5, 0.6) is 0 Å². The minimum absolute atomic E-state index is 0.0665. The van der Waals surface area contributed by atoms with Crippen molar-refractivity contribution in [3.05, 3.63) is 29.8 Å². The topological polar surface area (TPSA) is 60.9 Å². The van der Waals surface area contributed by atoms with Crippen LogP contribution in [0.15, 0.2) is 24.3 Å². The first-order chi connectivity index (χ1) is 9.56. The van der Waals surface area contributed by atoms with Crippen LogP contribution >= 0.6 is 0 Å². The van der Waals surface area contributed by atoms with Crippen LogP contribution in [0.2, 0.25) is 0 Å². The number of carboxylic acids is 1. The lowest BCUT2D eigenvalue weighted by molar-refractivity contribution is -0.139. The molecule has 1 N–H and O–H groups in total. The van der Waals surface area contributed by atoms with E-state index in [2.05, 4.69) is 0 Å². The predicted octanol–water partition coefficient (Wildman–Crippen LogP) is 2.53. The molecule has 0 bridgehead atoms. The second kappa shape index (κ2) is 5.94. The number of carboxylic acid groups (broad SMARTS) is 1. The van der Waals surface area contributed by atoms with Gasteiger partial charge < -0.3 is 10.0 Å². The molecule has 1 aromatic rings. The fraction of sp³-hybridized carbons (Fsp3) is 0.467. The number of amides is 2. The maximum absolute atomic E-state index is 12.4. The van der Waals surface area contributed by atoms with Crippen LogP contribution < -0.4 is 4.90 Å². The number of hydrogen-bond acceptors (Lipinski definition) is 2. The number of aliphatic carboxylic acids is 1. The van der Waals surface area contributed by atoms with Gasteiger partial charge in [-0.3, -0.25) is 9.69 Å². The van der Waals surface area contributed by atoms with E-state index in [9.17, 15) is 14.7 Å². The van der Waals surface area contributed by atoms with Gasteiger partial charge in [0.15, 0.2) is 0 Å². The molecule has 2 amide bonds. The summed E-state index contributed by atoms with van der Waals surface area (Å²) >= 11 is 0. The first-order valence-electron chi connectivity index (χ1n) is 6.90. The Morgan fingerprint density at radius 2 is 2.10 bits per heavy atom. The summed E-state index contributed by atoms with van der Waals surface area (Å²) in [7, 11) is 1.78. The Hall–Kier alpha value is -2.04. The van der Waals surface area contributed by atoms with Crippen LogP contribution in [0.4, 0.5) is 10.5 Å². The Morgan fingerprint density at radius 1 is 1.40 bits per heavy atom. The van der Waals surface area contributed by atoms with Gasteiger partial charge in [0.05, 0.1) is 5.92 Å². The van der Waals surface area contributed by atoms with Crippen LogP contribution in [-0.4, -0.2) is 42.1 Å². The highest BCUT2D eigenvalue weighted by Gasteiger charge is 2.33. The number of para-hydroxylation sites is 1. The van der Waals surface area contributed by atoms with Crippen LogP contribution in [-0.2, 0) is 4.79 Å². The molecule has 5 nitrogen and oxygen atoms in total. The number of carbonyl (C=O) groups is 2. The van der Waals surface area contributed by atoms with Crippen molar-refractivity contribution < 1.29 is 14.7 Å². The molecular weight excluding hydrogens is 256 g/mol. The van der Waals surface area contributed by atoms with E-state index in [1.165, 1.54) is 0 Å². The molecule has 20 heavy (non-hydrogen) atoms. The van der Waals surface area contributed by atoms with Gasteiger partial charge in [0.25, 0.3) is 0 Å². The lowest BCUT2D eigenvalue weighted by Gasteiger charge is -2.35. The predicted molar refractivity (Wildman–Crippen MR) is 77.1 cm³/mol. The summed E-state index contributed by atoms with van der Waals surface area (Å²) < 4.78 is 0. The molecule has 0 spiro atoms. The fourth-order valence-corrected chi connectivity index (χ4v) is 2.65. The van der Waals surface area contributed by atoms with Crippen LogP contribution in [0.25, 0.3) is 0 Å². The number of anilines is 1. The molecule has 1 aromatic carbocycles. The molecule has 0 fully saturated rings. The number of carbonyl (C=O) groups excluding carboxylic acids is 1. The maximum atomic E-state index is 12.4. The lowest BCUT2D eigenvalue weighted by atomic mass is 9.90. The van der Waals surface area contributed by atoms with Gasteiger partial charge in [0, 0.05) is 25.8 Å². The molecule has 1 aliphatic heterocycles. The van der Waals surface area contributed by atoms with Crippen molar-refractivity contribution >= 4 is 17.7 Å². The second-order valence-corrected chi connectivity index (χ2v) is 5.09. The maximum Gasteiger partial charge on any atom is 0.324 e. The Bertz CT molecular complexity index is 516. The summed E-state index contributed by atoms with van der Waals surface area (Å²) in [4.78, 5) is 27.1. The van der Waals surface area contributed by atoms with E-state index >= 15 is 0 Å². The molecule has 0 saturated carbocycles. The normalized spacial score (nSPS) is 17.5. The zero-order chi connectivity index (χ0) is 14.7. The van der Waals surface area contributed by atoms with E-state index < -0.39 is 11.9 Å². The van der Waals surface area contributed by atoms with Crippen LogP contribution in [0.3, 0.4) is 0 Å². The smallest absolute Gasteiger partial charge is 0.324 e. The molecule has 108 valence electrons. The van der Waals surface area contributed by atoms with Crippen molar-refractivity contribution in [1.82, 2.24) is 4.90 Å². The first-order valence-corrected chi connectivity index (χ1v) is 6.90. The van der Waals surface area contributed by atoms with Crippen molar-refractivity contribution in [3.8, 4) is 0 Å². The van der Waals surface area contributed by atoms with E-state index in [-0.39, 0.29) is 6.03 Å². The van der Waals surface area contributed by atoms with Crippen molar-refractivity contribution in [2.24, 2.45) is 0 Å². The molecule has 0 radical (unpaired) electrons. The third-order valence-electron chi connectivity index (χ3n) is 3.66. The number of nitrogens with zero attached hydrogens (tertiary/aromatic N) is 2. The van der Waals surface area contributed by atoms with Crippen molar-refractivity contribution in [3.63, 3.8) is 0 Å². The summed E-state index contributed by atoms with van der Waals surface area (Å²) in [5, 5.41) is 9.29. The summed E-state index contributed by atoms with van der Waals surface area (Å²) in [6, 6.07) is 7.21. The third kappa shape index (κ3) is 2.61. The number of benzene rings is 1. The highest BCUT2D eigenvalue weighted by atomic mass is 16.4. The number of fused-ring (bicyclic) bond motifs is 1. The van der Waals surface area contributed by atoms with Gasteiger partial charge in [0.2, 0.25) is 0 Å². The standard InChI is InChI=1S/C15H20N2O3/c1-3-9-16(2)15(20)17-10-8-12(14(18)19)11-6-4-5-7-13(11)17/h4-7,12H,3,8-10H2,1-2H3,(H,18,19). The van der Waals surface area contributed by atoms with Gasteiger partial charge in [-0.1, -0.05) is 25.1 Å². The molecule has 1 atom stereocenters. The molecule has 0 saturated heterocycles. The molecule has 1 unspecified atom stereocenters. The van der Waals surface area contributed by atoms with Crippen LogP contribution in [0.1, 0.15) is 31.2 Å². The molecule has 0 aromatic heterocycles. The molecule has 1 heterocycles. The van der Waals surface area contributed by atoms with Gasteiger partial charge in [-0.15, -0.1) is 0 Å². The Morgan fingerprint density at radius 3 is 2.75 bits per heavy atom. The summed E-state index contributed by atoms with van der Waals surface area (Å²) in [6.45, 7) is 3.16. The third-order valence-corrected chi connectivity index (χ3v) is 3.66.